The first-order valence-electron chi connectivity index (χ1n) is 11.7. The molecule has 2 aliphatic heterocycles. The van der Waals surface area contributed by atoms with E-state index in [1.54, 1.807) is 23.4 Å². The van der Waals surface area contributed by atoms with Gasteiger partial charge in [-0.25, -0.2) is 9.78 Å². The van der Waals surface area contributed by atoms with Crippen molar-refractivity contribution >= 4 is 50.6 Å². The number of nitrogens with zero attached hydrogens (tertiary/aromatic N) is 2. The SMILES string of the molecule is Cc1cc(Oc2ccccc2)ccc1N1C(=O)Nc2c(C(=O)N/C=C3\CCCN3)sc3nccc1c23. The van der Waals surface area contributed by atoms with E-state index in [4.69, 9.17) is 4.74 Å². The van der Waals surface area contributed by atoms with Crippen LogP contribution in [0.5, 0.6) is 11.5 Å². The number of pyridine rings is 1. The number of ether oxygens (including phenoxy) is 1. The number of rotatable bonds is 5. The summed E-state index contributed by atoms with van der Waals surface area (Å²) in [4.78, 5) is 33.6. The van der Waals surface area contributed by atoms with Crippen molar-refractivity contribution in [3.63, 3.8) is 0 Å². The van der Waals surface area contributed by atoms with Crippen molar-refractivity contribution in [2.45, 2.75) is 19.8 Å². The molecule has 1 fully saturated rings. The lowest BCUT2D eigenvalue weighted by atomic mass is 10.1. The molecular formula is C27H23N5O3S. The number of aryl methyl sites for hydroxylation is 1. The van der Waals surface area contributed by atoms with Gasteiger partial charge < -0.3 is 20.7 Å². The van der Waals surface area contributed by atoms with E-state index in [1.807, 2.05) is 55.5 Å². The number of carbonyl (C=O) groups is 2. The lowest BCUT2D eigenvalue weighted by Gasteiger charge is -2.29. The number of carbonyl (C=O) groups excluding carboxylic acids is 2. The van der Waals surface area contributed by atoms with Crippen molar-refractivity contribution in [3.8, 4) is 11.5 Å². The summed E-state index contributed by atoms with van der Waals surface area (Å²) in [5, 5.41) is 9.79. The molecule has 180 valence electrons. The predicted molar refractivity (Wildman–Crippen MR) is 141 cm³/mol. The van der Waals surface area contributed by atoms with Crippen molar-refractivity contribution in [1.82, 2.24) is 15.6 Å². The van der Waals surface area contributed by atoms with Gasteiger partial charge in [0.15, 0.2) is 0 Å². The van der Waals surface area contributed by atoms with Crippen LogP contribution in [0, 0.1) is 6.92 Å². The Labute approximate surface area is 211 Å². The van der Waals surface area contributed by atoms with E-state index in [0.717, 1.165) is 47.5 Å². The van der Waals surface area contributed by atoms with Gasteiger partial charge >= 0.3 is 6.03 Å². The van der Waals surface area contributed by atoms with Crippen LogP contribution in [0.25, 0.3) is 10.2 Å². The highest BCUT2D eigenvalue weighted by Gasteiger charge is 2.33. The minimum Gasteiger partial charge on any atom is -0.457 e. The molecular weight excluding hydrogens is 474 g/mol. The highest BCUT2D eigenvalue weighted by atomic mass is 32.1. The number of urea groups is 1. The van der Waals surface area contributed by atoms with E-state index in [0.29, 0.717) is 26.8 Å². The molecule has 36 heavy (non-hydrogen) atoms. The van der Waals surface area contributed by atoms with Gasteiger partial charge in [-0.1, -0.05) is 18.2 Å². The van der Waals surface area contributed by atoms with Crippen molar-refractivity contribution in [3.05, 3.63) is 83.1 Å². The van der Waals surface area contributed by atoms with Gasteiger partial charge in [0.1, 0.15) is 21.2 Å². The summed E-state index contributed by atoms with van der Waals surface area (Å²) in [6, 6.07) is 16.6. The van der Waals surface area contributed by atoms with E-state index >= 15 is 0 Å². The Morgan fingerprint density at radius 1 is 1.14 bits per heavy atom. The number of thiophene rings is 1. The van der Waals surface area contributed by atoms with Crippen molar-refractivity contribution in [1.29, 1.82) is 0 Å². The van der Waals surface area contributed by atoms with Gasteiger partial charge in [0, 0.05) is 24.6 Å². The zero-order chi connectivity index (χ0) is 24.6. The third-order valence-corrected chi connectivity index (χ3v) is 7.29. The maximum atomic E-state index is 13.4. The van der Waals surface area contributed by atoms with Crippen LogP contribution in [-0.2, 0) is 0 Å². The Morgan fingerprint density at radius 3 is 2.78 bits per heavy atom. The Bertz CT molecular complexity index is 1520. The lowest BCUT2D eigenvalue weighted by Crippen LogP contribution is -2.35. The maximum Gasteiger partial charge on any atom is 0.331 e. The first kappa shape index (κ1) is 22.1. The molecule has 3 N–H and O–H groups in total. The molecule has 4 aromatic rings. The molecule has 2 aromatic heterocycles. The quantitative estimate of drug-likeness (QED) is 0.313. The smallest absolute Gasteiger partial charge is 0.331 e. The van der Waals surface area contributed by atoms with Gasteiger partial charge in [0.05, 0.1) is 22.4 Å². The zero-order valence-corrected chi connectivity index (χ0v) is 20.3. The van der Waals surface area contributed by atoms with E-state index < -0.39 is 0 Å². The summed E-state index contributed by atoms with van der Waals surface area (Å²) in [5.74, 6) is 1.15. The molecule has 0 aliphatic carbocycles. The van der Waals surface area contributed by atoms with E-state index in [-0.39, 0.29) is 11.9 Å². The Kier molecular flexibility index (Phi) is 5.54. The molecule has 6 rings (SSSR count). The summed E-state index contributed by atoms with van der Waals surface area (Å²) in [7, 11) is 0. The summed E-state index contributed by atoms with van der Waals surface area (Å²) in [6.45, 7) is 2.85. The van der Waals surface area contributed by atoms with Gasteiger partial charge in [0.2, 0.25) is 0 Å². The first-order valence-corrected chi connectivity index (χ1v) is 12.5. The monoisotopic (exact) mass is 497 g/mol. The third kappa shape index (κ3) is 3.93. The predicted octanol–water partition coefficient (Wildman–Crippen LogP) is 6.04. The van der Waals surface area contributed by atoms with E-state index in [2.05, 4.69) is 20.9 Å². The summed E-state index contributed by atoms with van der Waals surface area (Å²) >= 11 is 1.27. The summed E-state index contributed by atoms with van der Waals surface area (Å²) < 4.78 is 5.95. The summed E-state index contributed by atoms with van der Waals surface area (Å²) in [5.41, 5.74) is 3.78. The van der Waals surface area contributed by atoms with Crippen LogP contribution in [0.1, 0.15) is 28.1 Å². The second kappa shape index (κ2) is 9.01. The number of aromatic nitrogens is 1. The maximum absolute atomic E-state index is 13.4. The fraction of sp³-hybridized carbons (Fsp3) is 0.148. The Hall–Kier alpha value is -4.37. The van der Waals surface area contributed by atoms with Crippen molar-refractivity contribution < 1.29 is 14.3 Å². The minimum atomic E-state index is -0.335. The van der Waals surface area contributed by atoms with Crippen LogP contribution in [0.15, 0.2) is 72.7 Å². The van der Waals surface area contributed by atoms with Crippen molar-refractivity contribution in [2.75, 3.05) is 16.8 Å². The van der Waals surface area contributed by atoms with Crippen LogP contribution in [0.3, 0.4) is 0 Å². The molecule has 4 heterocycles. The molecule has 8 nitrogen and oxygen atoms in total. The first-order chi connectivity index (χ1) is 17.6. The molecule has 0 bridgehead atoms. The molecule has 2 aromatic carbocycles. The molecule has 0 unspecified atom stereocenters. The van der Waals surface area contributed by atoms with Gasteiger partial charge in [-0.2, -0.15) is 0 Å². The number of para-hydroxylation sites is 1. The van der Waals surface area contributed by atoms with Crippen LogP contribution in [0.4, 0.5) is 21.9 Å². The number of allylic oxidation sites excluding steroid dienone is 1. The average Bonchev–Trinajstić information content (AvgIpc) is 3.53. The molecule has 9 heteroatoms. The standard InChI is InChI=1S/C27H23N5O3S/c1-16-14-19(35-18-7-3-2-4-8-18)9-10-20(16)32-21-11-13-29-26-22(21)23(31-27(32)34)24(36-26)25(33)30-15-17-6-5-12-28-17/h2-4,7-11,13-15,28H,5-6,12H2,1H3,(H,30,33)(H,31,34)/b17-15+. The lowest BCUT2D eigenvalue weighted by molar-refractivity contribution is 0.0974. The fourth-order valence-corrected chi connectivity index (χ4v) is 5.53. The minimum absolute atomic E-state index is 0.271. The second-order valence-electron chi connectivity index (χ2n) is 8.62. The Morgan fingerprint density at radius 2 is 2.00 bits per heavy atom. The topological polar surface area (TPSA) is 95.6 Å². The van der Waals surface area contributed by atoms with Gasteiger partial charge in [0.25, 0.3) is 5.91 Å². The third-order valence-electron chi connectivity index (χ3n) is 6.19. The van der Waals surface area contributed by atoms with Gasteiger partial charge in [-0.3, -0.25) is 9.69 Å². The fourth-order valence-electron chi connectivity index (χ4n) is 4.51. The largest absolute Gasteiger partial charge is 0.457 e. The molecule has 3 amide bonds. The number of hydrogen-bond acceptors (Lipinski definition) is 6. The van der Waals surface area contributed by atoms with Crippen LogP contribution in [0.2, 0.25) is 0 Å². The van der Waals surface area contributed by atoms with Gasteiger partial charge in [-0.15, -0.1) is 11.3 Å². The molecule has 0 saturated carbocycles. The van der Waals surface area contributed by atoms with E-state index in [9.17, 15) is 9.59 Å². The molecule has 0 atom stereocenters. The molecule has 0 spiro atoms. The van der Waals surface area contributed by atoms with Crippen LogP contribution < -0.4 is 25.6 Å². The van der Waals surface area contributed by atoms with Crippen LogP contribution in [-0.4, -0.2) is 23.5 Å². The average molecular weight is 498 g/mol. The normalized spacial score (nSPS) is 15.6. The number of nitrogens with one attached hydrogen (secondary N) is 3. The van der Waals surface area contributed by atoms with E-state index in [1.165, 1.54) is 11.3 Å². The molecule has 0 radical (unpaired) electrons. The van der Waals surface area contributed by atoms with Crippen molar-refractivity contribution in [2.24, 2.45) is 0 Å². The number of anilines is 3. The number of benzene rings is 2. The number of amides is 3. The van der Waals surface area contributed by atoms with Crippen LogP contribution >= 0.6 is 11.3 Å². The summed E-state index contributed by atoms with van der Waals surface area (Å²) in [6.07, 6.45) is 5.33. The zero-order valence-electron chi connectivity index (χ0n) is 19.5. The highest BCUT2D eigenvalue weighted by Crippen LogP contribution is 2.46. The number of hydrogen-bond donors (Lipinski definition) is 3. The highest BCUT2D eigenvalue weighted by molar-refractivity contribution is 7.21. The molecule has 2 aliphatic rings. The second-order valence-corrected chi connectivity index (χ2v) is 9.62. The molecule has 1 saturated heterocycles. The Balaban J connectivity index is 1.35. The van der Waals surface area contributed by atoms with Gasteiger partial charge in [-0.05, 0) is 61.7 Å².